The van der Waals surface area contributed by atoms with E-state index in [0.717, 1.165) is 218 Å². The summed E-state index contributed by atoms with van der Waals surface area (Å²) in [6.45, 7) is 13.8. The van der Waals surface area contributed by atoms with Crippen LogP contribution in [0.25, 0.3) is 0 Å². The zero-order chi connectivity index (χ0) is 73.3. The molecule has 0 spiro atoms. The van der Waals surface area contributed by atoms with Crippen LogP contribution >= 0.6 is 0 Å². The van der Waals surface area contributed by atoms with Gasteiger partial charge >= 0.3 is 47.8 Å². The fourth-order valence-electron chi connectivity index (χ4n) is 12.8. The van der Waals surface area contributed by atoms with Gasteiger partial charge in [-0.3, -0.25) is 33.6 Å². The molecule has 0 aliphatic carbocycles. The van der Waals surface area contributed by atoms with Crippen LogP contribution in [-0.4, -0.2) is 122 Å². The molecule has 1 aromatic carbocycles. The molecular formula is C82H138O19. The Morgan fingerprint density at radius 2 is 0.525 bits per heavy atom. The molecule has 2 aliphatic rings. The molecule has 0 bridgehead atoms. The van der Waals surface area contributed by atoms with Crippen molar-refractivity contribution in [3.8, 4) is 0 Å². The third-order valence-corrected chi connectivity index (χ3v) is 19.0. The van der Waals surface area contributed by atoms with Crippen LogP contribution < -0.4 is 0 Å². The predicted octanol–water partition coefficient (Wildman–Crippen LogP) is 19.6. The SMILES string of the molecule is CCCCCCCCC(=O)OC[C@H]1O[C@@H](O[C@H]2[C@H](OC(=O)CCCCCCCC)[C@@H](OC(=O)CCCCCCCC)[C@H](OC(=O)CCCCCCCC)O[C@@H]2COC(=O)CCCCCCCC)[C@H](OC(=O)CCCCCCCC)[C@@H](OC(=O)CCCCCCCC)[C@@H]1OC(=O)c1ccccc1. The van der Waals surface area contributed by atoms with Gasteiger partial charge in [-0.1, -0.05) is 291 Å². The van der Waals surface area contributed by atoms with Gasteiger partial charge in [0.2, 0.25) is 12.4 Å². The van der Waals surface area contributed by atoms with Gasteiger partial charge in [0, 0.05) is 44.9 Å². The average Bonchev–Trinajstić information content (AvgIpc) is 0.762. The lowest BCUT2D eigenvalue weighted by Gasteiger charge is -2.48. The molecule has 0 aromatic heterocycles. The van der Waals surface area contributed by atoms with Crippen molar-refractivity contribution in [2.24, 2.45) is 0 Å². The summed E-state index contributed by atoms with van der Waals surface area (Å²) in [4.78, 5) is 115. The van der Waals surface area contributed by atoms with E-state index in [9.17, 15) is 38.4 Å². The molecule has 1 aromatic rings. The second kappa shape index (κ2) is 59.2. The third-order valence-electron chi connectivity index (χ3n) is 19.0. The highest BCUT2D eigenvalue weighted by atomic mass is 16.8. The first-order chi connectivity index (χ1) is 49.2. The fourth-order valence-corrected chi connectivity index (χ4v) is 12.8. The maximum Gasteiger partial charge on any atom is 0.338 e. The molecule has 3 rings (SSSR count). The number of unbranched alkanes of at least 4 members (excludes halogenated alkanes) is 35. The fraction of sp³-hybridized carbons (Fsp3) is 0.829. The zero-order valence-corrected chi connectivity index (χ0v) is 64.0. The van der Waals surface area contributed by atoms with Crippen LogP contribution in [0.4, 0.5) is 0 Å². The quantitative estimate of drug-likeness (QED) is 0.0335. The first-order valence-corrected chi connectivity index (χ1v) is 40.7. The maximum absolute atomic E-state index is 14.8. The minimum absolute atomic E-state index is 0.00760. The smallest absolute Gasteiger partial charge is 0.338 e. The lowest BCUT2D eigenvalue weighted by atomic mass is 9.95. The van der Waals surface area contributed by atoms with E-state index in [2.05, 4.69) is 48.5 Å². The van der Waals surface area contributed by atoms with Gasteiger partial charge in [-0.15, -0.1) is 0 Å². The number of rotatable bonds is 62. The number of carbonyl (C=O) groups excluding carboxylic acids is 8. The van der Waals surface area contributed by atoms with Crippen LogP contribution in [0.1, 0.15) is 373 Å². The maximum atomic E-state index is 14.8. The summed E-state index contributed by atoms with van der Waals surface area (Å²) >= 11 is 0. The summed E-state index contributed by atoms with van der Waals surface area (Å²) in [5, 5.41) is 0. The summed E-state index contributed by atoms with van der Waals surface area (Å²) in [6.07, 6.45) is 19.7. The third kappa shape index (κ3) is 41.2. The molecule has 101 heavy (non-hydrogen) atoms. The van der Waals surface area contributed by atoms with Gasteiger partial charge in [-0.25, -0.2) is 4.79 Å². The largest absolute Gasteiger partial charge is 0.463 e. The van der Waals surface area contributed by atoms with Crippen LogP contribution in [0.2, 0.25) is 0 Å². The van der Waals surface area contributed by atoms with Crippen LogP contribution in [0.15, 0.2) is 30.3 Å². The highest BCUT2D eigenvalue weighted by Crippen LogP contribution is 2.37. The standard InChI is InChI=1S/C82H138O19/c1-8-15-22-29-36-46-55-67(83)91-62-65-74(100-80(90)64-53-44-43-45-54-64)76(95-69(85)57-48-38-31-24-17-10-3)79(98-72(88)60-51-41-34-27-20-13-6)82(94-65)101-75-66(63-92-68(84)56-47-37-30-23-16-9-2)93-81(99-73(89)61-52-42-35-28-21-14-7)78(97-71(87)59-50-40-33-26-19-12-5)77(75)96-70(86)58-49-39-32-25-18-11-4/h43-45,53-54,65-66,74-79,81-82H,8-42,46-52,55-63H2,1-7H3/t65-,66-,74-,75-,76+,77+,78-,79-,81+,82+/m1/s1. The van der Waals surface area contributed by atoms with E-state index in [-0.39, 0.29) is 50.5 Å². The van der Waals surface area contributed by atoms with Crippen molar-refractivity contribution in [2.45, 2.75) is 424 Å². The Bertz CT molecular complexity index is 2330. The molecule has 2 saturated heterocycles. The molecule has 2 aliphatic heterocycles. The highest BCUT2D eigenvalue weighted by Gasteiger charge is 2.59. The molecule has 0 unspecified atom stereocenters. The van der Waals surface area contributed by atoms with Gasteiger partial charge in [0.25, 0.3) is 0 Å². The summed E-state index contributed by atoms with van der Waals surface area (Å²) in [6, 6.07) is 8.17. The lowest BCUT2D eigenvalue weighted by molar-refractivity contribution is -0.357. The Balaban J connectivity index is 2.43. The molecule has 2 fully saturated rings. The molecule has 2 heterocycles. The van der Waals surface area contributed by atoms with Crippen molar-refractivity contribution < 1.29 is 90.5 Å². The molecular weight excluding hydrogens is 1290 g/mol. The van der Waals surface area contributed by atoms with Gasteiger partial charge in [-0.2, -0.15) is 0 Å². The van der Waals surface area contributed by atoms with E-state index in [4.69, 9.17) is 52.1 Å². The Kier molecular flexibility index (Phi) is 52.8. The molecule has 0 saturated carbocycles. The Morgan fingerprint density at radius 1 is 0.267 bits per heavy atom. The predicted molar refractivity (Wildman–Crippen MR) is 391 cm³/mol. The van der Waals surface area contributed by atoms with Gasteiger partial charge in [-0.05, 0) is 57.1 Å². The van der Waals surface area contributed by atoms with Crippen LogP contribution in [0, 0.1) is 0 Å². The lowest BCUT2D eigenvalue weighted by Crippen LogP contribution is -2.67. The van der Waals surface area contributed by atoms with Crippen molar-refractivity contribution in [2.75, 3.05) is 13.2 Å². The average molecular weight is 1430 g/mol. The molecule has 0 radical (unpaired) electrons. The number of ether oxygens (including phenoxy) is 11. The number of esters is 8. The van der Waals surface area contributed by atoms with Crippen LogP contribution in [-0.2, 0) is 85.7 Å². The normalized spacial score (nSPS) is 20.3. The van der Waals surface area contributed by atoms with Gasteiger partial charge in [0.1, 0.15) is 31.5 Å². The number of benzene rings is 1. The number of carbonyl (C=O) groups is 8. The van der Waals surface area contributed by atoms with Gasteiger partial charge < -0.3 is 52.1 Å². The Labute approximate surface area is 609 Å². The van der Waals surface area contributed by atoms with Gasteiger partial charge in [0.15, 0.2) is 30.7 Å². The molecule has 0 N–H and O–H groups in total. The van der Waals surface area contributed by atoms with E-state index in [1.54, 1.807) is 30.3 Å². The van der Waals surface area contributed by atoms with E-state index in [1.807, 2.05) is 0 Å². The number of hydrogen-bond acceptors (Lipinski definition) is 19. The van der Waals surface area contributed by atoms with E-state index in [0.29, 0.717) is 51.4 Å². The van der Waals surface area contributed by atoms with Crippen LogP contribution in [0.5, 0.6) is 0 Å². The zero-order valence-electron chi connectivity index (χ0n) is 64.0. The van der Waals surface area contributed by atoms with Crippen molar-refractivity contribution in [3.63, 3.8) is 0 Å². The topological polar surface area (TPSA) is 238 Å². The summed E-state index contributed by atoms with van der Waals surface area (Å²) in [5.41, 5.74) is 0.136. The van der Waals surface area contributed by atoms with Crippen LogP contribution in [0.3, 0.4) is 0 Å². The van der Waals surface area contributed by atoms with E-state index < -0.39 is 122 Å². The van der Waals surface area contributed by atoms with Crippen molar-refractivity contribution in [1.29, 1.82) is 0 Å². The minimum atomic E-state index is -1.88. The number of hydrogen-bond donors (Lipinski definition) is 0. The molecule has 10 atom stereocenters. The summed E-state index contributed by atoms with van der Waals surface area (Å²) < 4.78 is 71.8. The first kappa shape index (κ1) is 90.1. The first-order valence-electron chi connectivity index (χ1n) is 40.7. The van der Waals surface area contributed by atoms with Crippen molar-refractivity contribution >= 4 is 47.8 Å². The van der Waals surface area contributed by atoms with Crippen molar-refractivity contribution in [3.05, 3.63) is 35.9 Å². The second-order valence-corrected chi connectivity index (χ2v) is 28.2. The van der Waals surface area contributed by atoms with E-state index >= 15 is 0 Å². The summed E-state index contributed by atoms with van der Waals surface area (Å²) in [7, 11) is 0. The summed E-state index contributed by atoms with van der Waals surface area (Å²) in [5.74, 6) is -5.47. The second-order valence-electron chi connectivity index (χ2n) is 28.2. The minimum Gasteiger partial charge on any atom is -0.463 e. The monoisotopic (exact) mass is 1430 g/mol. The molecule has 580 valence electrons. The Morgan fingerprint density at radius 3 is 0.861 bits per heavy atom. The van der Waals surface area contributed by atoms with Crippen molar-refractivity contribution in [1.82, 2.24) is 0 Å². The van der Waals surface area contributed by atoms with E-state index in [1.165, 1.54) is 0 Å². The highest BCUT2D eigenvalue weighted by molar-refractivity contribution is 5.89. The van der Waals surface area contributed by atoms with Gasteiger partial charge in [0.05, 0.1) is 5.56 Å². The molecule has 19 heteroatoms. The Hall–Kier alpha value is -5.14. The molecule has 19 nitrogen and oxygen atoms in total. The molecule has 0 amide bonds.